The maximum atomic E-state index is 12.2. The van der Waals surface area contributed by atoms with Crippen molar-refractivity contribution in [2.24, 2.45) is 0 Å². The van der Waals surface area contributed by atoms with E-state index in [0.717, 1.165) is 16.9 Å². The Morgan fingerprint density at radius 1 is 1.19 bits per heavy atom. The zero-order valence-electron chi connectivity index (χ0n) is 15.4. The number of aryl methyl sites for hydroxylation is 1. The third-order valence-electron chi connectivity index (χ3n) is 4.28. The van der Waals surface area contributed by atoms with Crippen molar-refractivity contribution in [3.05, 3.63) is 64.4 Å². The summed E-state index contributed by atoms with van der Waals surface area (Å²) in [6, 6.07) is 15.7. The van der Waals surface area contributed by atoms with E-state index in [1.54, 1.807) is 7.11 Å². The van der Waals surface area contributed by atoms with Crippen LogP contribution in [0.1, 0.15) is 17.5 Å². The molecule has 0 saturated heterocycles. The van der Waals surface area contributed by atoms with Gasteiger partial charge in [-0.25, -0.2) is 0 Å². The third-order valence-corrected chi connectivity index (χ3v) is 4.59. The highest BCUT2D eigenvalue weighted by Crippen LogP contribution is 2.21. The molecule has 1 heterocycles. The summed E-state index contributed by atoms with van der Waals surface area (Å²) in [6.07, 6.45) is 0.322. The van der Waals surface area contributed by atoms with Gasteiger partial charge >= 0.3 is 0 Å². The van der Waals surface area contributed by atoms with Crippen LogP contribution in [0.5, 0.6) is 5.75 Å². The number of hydrogen-bond donors (Lipinski definition) is 2. The summed E-state index contributed by atoms with van der Waals surface area (Å²) in [7, 11) is 1.63. The molecule has 1 amide bonds. The number of carbonyl (C=O) groups is 1. The molecule has 0 saturated carbocycles. The van der Waals surface area contributed by atoms with Crippen LogP contribution in [0.3, 0.4) is 0 Å². The predicted molar refractivity (Wildman–Crippen MR) is 107 cm³/mol. The number of H-pyrrole nitrogens is 1. The molecule has 0 atom stereocenters. The van der Waals surface area contributed by atoms with E-state index in [-0.39, 0.29) is 5.91 Å². The Kier molecular flexibility index (Phi) is 6.03. The lowest BCUT2D eigenvalue weighted by Crippen LogP contribution is -2.24. The number of carbonyl (C=O) groups excluding carboxylic acids is 1. The lowest BCUT2D eigenvalue weighted by molar-refractivity contribution is -0.121. The number of ether oxygens (including phenoxy) is 1. The molecule has 0 aliphatic heterocycles. The molecule has 27 heavy (non-hydrogen) atoms. The van der Waals surface area contributed by atoms with Crippen LogP contribution in [0, 0.1) is 11.7 Å². The van der Waals surface area contributed by atoms with E-state index < -0.39 is 0 Å². The number of hydrogen-bond acceptors (Lipinski definition) is 4. The molecule has 0 unspecified atom stereocenters. The molecule has 3 aromatic rings. The highest BCUT2D eigenvalue weighted by molar-refractivity contribution is 7.71. The first kappa shape index (κ1) is 18.8. The van der Waals surface area contributed by atoms with Gasteiger partial charge in [0.1, 0.15) is 5.75 Å². The third kappa shape index (κ3) is 4.83. The average Bonchev–Trinajstić information content (AvgIpc) is 3.06. The number of rotatable bonds is 7. The van der Waals surface area contributed by atoms with E-state index in [1.165, 1.54) is 5.56 Å². The van der Waals surface area contributed by atoms with Crippen LogP contribution >= 0.6 is 12.2 Å². The minimum Gasteiger partial charge on any atom is -0.497 e. The highest BCUT2D eigenvalue weighted by atomic mass is 32.1. The maximum Gasteiger partial charge on any atom is 0.222 e. The van der Waals surface area contributed by atoms with E-state index in [1.807, 2.05) is 60.0 Å². The first-order valence-electron chi connectivity index (χ1n) is 8.68. The van der Waals surface area contributed by atoms with E-state index in [0.29, 0.717) is 30.1 Å². The van der Waals surface area contributed by atoms with E-state index in [9.17, 15) is 4.79 Å². The van der Waals surface area contributed by atoms with Crippen LogP contribution in [-0.2, 0) is 17.9 Å². The van der Waals surface area contributed by atoms with Crippen LogP contribution in [0.4, 0.5) is 0 Å². The van der Waals surface area contributed by atoms with Crippen molar-refractivity contribution < 1.29 is 9.53 Å². The quantitative estimate of drug-likeness (QED) is 0.612. The van der Waals surface area contributed by atoms with Crippen molar-refractivity contribution in [1.29, 1.82) is 0 Å². The molecule has 6 nitrogen and oxygen atoms in total. The lowest BCUT2D eigenvalue weighted by atomic mass is 10.1. The molecule has 0 fully saturated rings. The number of amides is 1. The molecule has 0 spiro atoms. The van der Waals surface area contributed by atoms with Crippen LogP contribution in [0.25, 0.3) is 11.4 Å². The molecule has 0 bridgehead atoms. The summed E-state index contributed by atoms with van der Waals surface area (Å²) >= 11 is 5.32. The van der Waals surface area contributed by atoms with Gasteiger partial charge in [-0.15, -0.1) is 0 Å². The summed E-state index contributed by atoms with van der Waals surface area (Å²) in [5, 5.41) is 10.0. The fourth-order valence-electron chi connectivity index (χ4n) is 2.69. The molecule has 3 rings (SSSR count). The van der Waals surface area contributed by atoms with Gasteiger partial charge in [0.15, 0.2) is 10.6 Å². The van der Waals surface area contributed by atoms with Crippen molar-refractivity contribution in [3.8, 4) is 17.1 Å². The van der Waals surface area contributed by atoms with Gasteiger partial charge in [-0.3, -0.25) is 14.5 Å². The number of aromatic amines is 1. The van der Waals surface area contributed by atoms with Gasteiger partial charge < -0.3 is 10.1 Å². The van der Waals surface area contributed by atoms with Gasteiger partial charge in [0, 0.05) is 25.1 Å². The Bertz CT molecular complexity index is 959. The first-order chi connectivity index (χ1) is 13.1. The number of nitrogens with zero attached hydrogens (tertiary/aromatic N) is 2. The number of methoxy groups -OCH3 is 1. The zero-order valence-corrected chi connectivity index (χ0v) is 16.2. The molecule has 140 valence electrons. The van der Waals surface area contributed by atoms with Gasteiger partial charge in [0.05, 0.1) is 7.11 Å². The second-order valence-corrected chi connectivity index (χ2v) is 6.63. The first-order valence-corrected chi connectivity index (χ1v) is 9.09. The summed E-state index contributed by atoms with van der Waals surface area (Å²) in [5.74, 6) is 1.45. The van der Waals surface area contributed by atoms with Gasteiger partial charge in [0.25, 0.3) is 0 Å². The molecule has 7 heteroatoms. The Labute approximate surface area is 163 Å². The molecule has 2 N–H and O–H groups in total. The lowest BCUT2D eigenvalue weighted by Gasteiger charge is -2.09. The average molecular weight is 382 g/mol. The van der Waals surface area contributed by atoms with E-state index >= 15 is 0 Å². The van der Waals surface area contributed by atoms with Crippen LogP contribution < -0.4 is 10.1 Å². The number of nitrogens with one attached hydrogen (secondary N) is 2. The van der Waals surface area contributed by atoms with Crippen LogP contribution in [-0.4, -0.2) is 27.8 Å². The second kappa shape index (κ2) is 8.64. The van der Waals surface area contributed by atoms with Crippen molar-refractivity contribution in [3.63, 3.8) is 0 Å². The van der Waals surface area contributed by atoms with Gasteiger partial charge in [-0.2, -0.15) is 5.10 Å². The standard InChI is InChI=1S/C20H22N4O2S/c1-14-3-5-15(6-4-14)13-21-18(25)11-12-24-19(22-23-20(24)27)16-7-9-17(26-2)10-8-16/h3-10H,11-13H2,1-2H3,(H,21,25)(H,23,27). The Morgan fingerprint density at radius 2 is 1.89 bits per heavy atom. The van der Waals surface area contributed by atoms with Crippen molar-refractivity contribution in [1.82, 2.24) is 20.1 Å². The maximum absolute atomic E-state index is 12.2. The summed E-state index contributed by atoms with van der Waals surface area (Å²) in [6.45, 7) is 3.01. The van der Waals surface area contributed by atoms with Gasteiger partial charge in [-0.1, -0.05) is 29.8 Å². The van der Waals surface area contributed by atoms with Gasteiger partial charge in [0.2, 0.25) is 5.91 Å². The summed E-state index contributed by atoms with van der Waals surface area (Å²) in [4.78, 5) is 12.2. The smallest absolute Gasteiger partial charge is 0.222 e. The SMILES string of the molecule is COc1ccc(-c2n[nH]c(=S)n2CCC(=O)NCc2ccc(C)cc2)cc1. The molecule has 2 aromatic carbocycles. The molecule has 1 aromatic heterocycles. The predicted octanol–water partition coefficient (Wildman–Crippen LogP) is 3.63. The second-order valence-electron chi connectivity index (χ2n) is 6.24. The van der Waals surface area contributed by atoms with Crippen molar-refractivity contribution in [2.45, 2.75) is 26.4 Å². The van der Waals surface area contributed by atoms with E-state index in [4.69, 9.17) is 17.0 Å². The van der Waals surface area contributed by atoms with Gasteiger partial charge in [-0.05, 0) is 49.0 Å². The normalized spacial score (nSPS) is 10.6. The van der Waals surface area contributed by atoms with Crippen LogP contribution in [0.2, 0.25) is 0 Å². The number of benzene rings is 2. The minimum absolute atomic E-state index is 0.0284. The Hall–Kier alpha value is -2.93. The summed E-state index contributed by atoms with van der Waals surface area (Å²) < 4.78 is 7.51. The largest absolute Gasteiger partial charge is 0.497 e. The zero-order chi connectivity index (χ0) is 19.2. The monoisotopic (exact) mass is 382 g/mol. The Morgan fingerprint density at radius 3 is 2.56 bits per heavy atom. The minimum atomic E-state index is -0.0284. The molecular weight excluding hydrogens is 360 g/mol. The fourth-order valence-corrected chi connectivity index (χ4v) is 2.92. The summed E-state index contributed by atoms with van der Waals surface area (Å²) in [5.41, 5.74) is 3.18. The van der Waals surface area contributed by atoms with Crippen molar-refractivity contribution in [2.75, 3.05) is 7.11 Å². The van der Waals surface area contributed by atoms with E-state index in [2.05, 4.69) is 15.5 Å². The molecular formula is C20H22N4O2S. The fraction of sp³-hybridized carbons (Fsp3) is 0.250. The van der Waals surface area contributed by atoms with Crippen molar-refractivity contribution >= 4 is 18.1 Å². The highest BCUT2D eigenvalue weighted by Gasteiger charge is 2.11. The molecule has 0 radical (unpaired) electrons. The molecule has 0 aliphatic rings. The number of aromatic nitrogens is 3. The Balaban J connectivity index is 1.62. The topological polar surface area (TPSA) is 71.9 Å². The van der Waals surface area contributed by atoms with Crippen LogP contribution in [0.15, 0.2) is 48.5 Å². The molecule has 0 aliphatic carbocycles.